The molecule has 2 atom stereocenters. The van der Waals surface area contributed by atoms with Crippen molar-refractivity contribution in [3.05, 3.63) is 52.8 Å². The third kappa shape index (κ3) is 2.51. The van der Waals surface area contributed by atoms with Gasteiger partial charge in [-0.3, -0.25) is 14.7 Å². The molecule has 0 aromatic heterocycles. The second-order valence-corrected chi connectivity index (χ2v) is 7.68. The molecule has 0 spiro atoms. The lowest BCUT2D eigenvalue weighted by molar-refractivity contribution is 0.0525. The number of carbonyl (C=O) groups is 1. The highest BCUT2D eigenvalue weighted by Crippen LogP contribution is 2.42. The predicted octanol–water partition coefficient (Wildman–Crippen LogP) is 2.84. The summed E-state index contributed by atoms with van der Waals surface area (Å²) in [4.78, 5) is 20.0. The van der Waals surface area contributed by atoms with Gasteiger partial charge in [-0.15, -0.1) is 0 Å². The van der Waals surface area contributed by atoms with Gasteiger partial charge in [0.1, 0.15) is 5.83 Å². The van der Waals surface area contributed by atoms with Crippen molar-refractivity contribution in [1.82, 2.24) is 9.80 Å². The number of aliphatic imine (C=N–C) groups is 1. The average Bonchev–Trinajstić information content (AvgIpc) is 3.05. The molecule has 5 rings (SSSR count). The number of amidine groups is 1. The Hall–Kier alpha value is -2.33. The topological polar surface area (TPSA) is 45.1 Å². The maximum absolute atomic E-state index is 14.7. The van der Waals surface area contributed by atoms with Gasteiger partial charge >= 0.3 is 0 Å². The van der Waals surface area contributed by atoms with Crippen molar-refractivity contribution in [3.8, 4) is 0 Å². The molecule has 2 unspecified atom stereocenters. The van der Waals surface area contributed by atoms with E-state index < -0.39 is 41.3 Å². The van der Waals surface area contributed by atoms with Gasteiger partial charge in [0.05, 0.1) is 41.5 Å². The van der Waals surface area contributed by atoms with E-state index in [4.69, 9.17) is 4.74 Å². The van der Waals surface area contributed by atoms with Crippen LogP contribution in [-0.4, -0.2) is 59.3 Å². The highest BCUT2D eigenvalue weighted by Gasteiger charge is 2.46. The largest absolute Gasteiger partial charge is 0.378 e. The van der Waals surface area contributed by atoms with E-state index in [0.29, 0.717) is 38.1 Å². The van der Waals surface area contributed by atoms with Gasteiger partial charge in [0.25, 0.3) is 5.91 Å². The lowest BCUT2D eigenvalue weighted by atomic mass is 9.99. The molecule has 1 aliphatic carbocycles. The number of halogens is 4. The van der Waals surface area contributed by atoms with Crippen LogP contribution in [-0.2, 0) is 4.74 Å². The fourth-order valence-electron chi connectivity index (χ4n) is 3.75. The van der Waals surface area contributed by atoms with Gasteiger partial charge in [-0.05, 0) is 30.0 Å². The maximum atomic E-state index is 14.7. The molecule has 0 saturated carbocycles. The Bertz CT molecular complexity index is 988. The smallest absolute Gasteiger partial charge is 0.261 e. The Labute approximate surface area is 161 Å². The van der Waals surface area contributed by atoms with Crippen LogP contribution < -0.4 is 0 Å². The molecule has 0 bridgehead atoms. The summed E-state index contributed by atoms with van der Waals surface area (Å²) in [5, 5.41) is 0.140. The molecule has 1 amide bonds. The van der Waals surface area contributed by atoms with Crippen molar-refractivity contribution >= 4 is 22.8 Å². The molecule has 3 aliphatic heterocycles. The van der Waals surface area contributed by atoms with E-state index in [9.17, 15) is 22.4 Å². The van der Waals surface area contributed by atoms with Gasteiger partial charge in [0.2, 0.25) is 0 Å². The lowest BCUT2D eigenvalue weighted by Gasteiger charge is -2.35. The molecule has 0 N–H and O–H groups in total. The number of hydrogen-bond donors (Lipinski definition) is 0. The fraction of sp³-hybridized carbons (Fsp3) is 0.333. The summed E-state index contributed by atoms with van der Waals surface area (Å²) in [6.45, 7) is 1.96. The molecule has 1 saturated heterocycles. The number of carbonyl (C=O) groups excluding carboxylic acids is 1. The second-order valence-electron chi connectivity index (χ2n) is 6.70. The van der Waals surface area contributed by atoms with E-state index in [0.717, 1.165) is 11.8 Å². The summed E-state index contributed by atoms with van der Waals surface area (Å²) < 4.78 is 61.3. The van der Waals surface area contributed by atoms with Crippen molar-refractivity contribution in [3.63, 3.8) is 0 Å². The molecule has 1 aromatic carbocycles. The number of allylic oxidation sites excluding steroid dienone is 1. The van der Waals surface area contributed by atoms with E-state index in [1.54, 1.807) is 6.08 Å². The zero-order chi connectivity index (χ0) is 19.6. The Morgan fingerprint density at radius 2 is 1.86 bits per heavy atom. The van der Waals surface area contributed by atoms with Crippen LogP contribution in [0.5, 0.6) is 0 Å². The SMILES string of the molecule is O=C1c2cc(F)c(F)c(F)c2SC2=NC3C=C(F)C(N4CCOCC4)=CC3N12. The monoisotopic (exact) mass is 411 g/mol. The fourth-order valence-corrected chi connectivity index (χ4v) is 4.84. The third-order valence-electron chi connectivity index (χ3n) is 5.12. The molecule has 1 fully saturated rings. The zero-order valence-electron chi connectivity index (χ0n) is 14.3. The van der Waals surface area contributed by atoms with Gasteiger partial charge in [-0.2, -0.15) is 0 Å². The number of thioether (sulfide) groups is 1. The minimum atomic E-state index is -1.64. The van der Waals surface area contributed by atoms with Crippen molar-refractivity contribution in [2.75, 3.05) is 26.3 Å². The number of fused-ring (bicyclic) bond motifs is 4. The van der Waals surface area contributed by atoms with Gasteiger partial charge < -0.3 is 9.64 Å². The number of ether oxygens (including phenoxy) is 1. The van der Waals surface area contributed by atoms with E-state index in [2.05, 4.69) is 4.99 Å². The summed E-state index contributed by atoms with van der Waals surface area (Å²) in [7, 11) is 0. The van der Waals surface area contributed by atoms with Crippen molar-refractivity contribution in [2.24, 2.45) is 4.99 Å². The first-order valence-electron chi connectivity index (χ1n) is 8.64. The minimum Gasteiger partial charge on any atom is -0.378 e. The number of hydrogen-bond acceptors (Lipinski definition) is 5. The molecule has 28 heavy (non-hydrogen) atoms. The van der Waals surface area contributed by atoms with Crippen molar-refractivity contribution < 1.29 is 27.1 Å². The van der Waals surface area contributed by atoms with Crippen molar-refractivity contribution in [1.29, 1.82) is 0 Å². The lowest BCUT2D eigenvalue weighted by Crippen LogP contribution is -2.46. The first kappa shape index (κ1) is 17.7. The molecule has 5 nitrogen and oxygen atoms in total. The molecule has 4 aliphatic rings. The number of nitrogens with zero attached hydrogens (tertiary/aromatic N) is 3. The highest BCUT2D eigenvalue weighted by atomic mass is 32.2. The van der Waals surface area contributed by atoms with Gasteiger partial charge in [-0.1, -0.05) is 0 Å². The van der Waals surface area contributed by atoms with Crippen LogP contribution in [0, 0.1) is 17.5 Å². The zero-order valence-corrected chi connectivity index (χ0v) is 15.1. The minimum absolute atomic E-state index is 0.140. The number of amides is 1. The van der Waals surface area contributed by atoms with Crippen LogP contribution in [0.2, 0.25) is 0 Å². The third-order valence-corrected chi connectivity index (χ3v) is 6.20. The van der Waals surface area contributed by atoms with E-state index in [1.807, 2.05) is 4.90 Å². The molecular weight excluding hydrogens is 398 g/mol. The van der Waals surface area contributed by atoms with Gasteiger partial charge in [0.15, 0.2) is 22.6 Å². The first-order valence-corrected chi connectivity index (χ1v) is 9.46. The van der Waals surface area contributed by atoms with E-state index in [-0.39, 0.29) is 15.6 Å². The van der Waals surface area contributed by atoms with Crippen LogP contribution in [0.4, 0.5) is 17.6 Å². The summed E-state index contributed by atoms with van der Waals surface area (Å²) in [6, 6.07) is -0.598. The number of rotatable bonds is 1. The summed E-state index contributed by atoms with van der Waals surface area (Å²) in [5.74, 6) is -5.63. The predicted molar refractivity (Wildman–Crippen MR) is 93.0 cm³/mol. The van der Waals surface area contributed by atoms with Crippen LogP contribution in [0.3, 0.4) is 0 Å². The second kappa shape index (κ2) is 6.35. The molecule has 3 heterocycles. The number of benzene rings is 1. The van der Waals surface area contributed by atoms with Crippen LogP contribution in [0.25, 0.3) is 0 Å². The summed E-state index contributed by atoms with van der Waals surface area (Å²) in [5.41, 5.74) is 0.0819. The Morgan fingerprint density at radius 1 is 1.11 bits per heavy atom. The summed E-state index contributed by atoms with van der Waals surface area (Å²) >= 11 is 0.744. The van der Waals surface area contributed by atoms with Crippen molar-refractivity contribution in [2.45, 2.75) is 17.0 Å². The molecule has 146 valence electrons. The maximum Gasteiger partial charge on any atom is 0.261 e. The Balaban J connectivity index is 1.55. The standard InChI is InChI=1S/C18H13F4N3O2S/c19-9-6-11-13(7-12(9)24-1-3-27-4-2-24)25-17(26)8-5-10(20)14(21)15(22)16(8)28-18(25)23-11/h5-7,11,13H,1-4H2. The molecule has 0 radical (unpaired) electrons. The van der Waals surface area contributed by atoms with E-state index >= 15 is 0 Å². The van der Waals surface area contributed by atoms with E-state index in [1.165, 1.54) is 11.0 Å². The van der Waals surface area contributed by atoms with Crippen LogP contribution in [0.1, 0.15) is 10.4 Å². The number of morpholine rings is 1. The molecule has 1 aromatic rings. The van der Waals surface area contributed by atoms with Gasteiger partial charge in [-0.25, -0.2) is 17.6 Å². The average molecular weight is 411 g/mol. The quantitative estimate of drug-likeness (QED) is 0.527. The molecular formula is C18H13F4N3O2S. The van der Waals surface area contributed by atoms with Crippen LogP contribution in [0.15, 0.2) is 39.6 Å². The Morgan fingerprint density at radius 3 is 2.61 bits per heavy atom. The van der Waals surface area contributed by atoms with Crippen LogP contribution >= 0.6 is 11.8 Å². The normalized spacial score (nSPS) is 26.3. The molecule has 10 heteroatoms. The first-order chi connectivity index (χ1) is 13.5. The summed E-state index contributed by atoms with van der Waals surface area (Å²) in [6.07, 6.45) is 2.93. The highest BCUT2D eigenvalue weighted by molar-refractivity contribution is 8.14. The van der Waals surface area contributed by atoms with Gasteiger partial charge in [0, 0.05) is 13.1 Å². The Kier molecular flexibility index (Phi) is 4.02.